The molecule has 17 heavy (non-hydrogen) atoms. The normalized spacial score (nSPS) is 29.8. The van der Waals surface area contributed by atoms with Crippen molar-refractivity contribution in [3.63, 3.8) is 0 Å². The maximum absolute atomic E-state index is 12.0. The Labute approximate surface area is 101 Å². The van der Waals surface area contributed by atoms with Gasteiger partial charge in [-0.15, -0.1) is 0 Å². The summed E-state index contributed by atoms with van der Waals surface area (Å²) in [4.78, 5) is 12.0. The third-order valence-corrected chi connectivity index (χ3v) is 4.04. The molecule has 1 aromatic rings. The third-order valence-electron chi connectivity index (χ3n) is 4.04. The summed E-state index contributed by atoms with van der Waals surface area (Å²) in [5.41, 5.74) is 7.51. The highest BCUT2D eigenvalue weighted by molar-refractivity contribution is 5.92. The third kappa shape index (κ3) is 2.20. The van der Waals surface area contributed by atoms with Crippen LogP contribution in [0.15, 0.2) is 24.3 Å². The van der Waals surface area contributed by atoms with Crippen molar-refractivity contribution < 1.29 is 4.79 Å². The second kappa shape index (κ2) is 4.15. The fourth-order valence-corrected chi connectivity index (χ4v) is 2.95. The number of nitrogens with one attached hydrogen (secondary N) is 1. The lowest BCUT2D eigenvalue weighted by Crippen LogP contribution is -2.21. The first kappa shape index (κ1) is 10.8. The van der Waals surface area contributed by atoms with E-state index in [0.717, 1.165) is 35.9 Å². The Hall–Kier alpha value is -1.35. The summed E-state index contributed by atoms with van der Waals surface area (Å²) in [5.74, 6) is 2.12. The molecule has 90 valence electrons. The topological polar surface area (TPSA) is 55.1 Å². The summed E-state index contributed by atoms with van der Waals surface area (Å²) in [6.45, 7) is 0.511. The average molecular weight is 230 g/mol. The number of carbonyl (C=O) groups is 1. The van der Waals surface area contributed by atoms with E-state index < -0.39 is 0 Å². The highest BCUT2D eigenvalue weighted by Crippen LogP contribution is 2.54. The molecule has 2 unspecified atom stereocenters. The van der Waals surface area contributed by atoms with E-state index in [1.54, 1.807) is 0 Å². The Kier molecular flexibility index (Phi) is 2.63. The van der Waals surface area contributed by atoms with Crippen LogP contribution in [0, 0.1) is 17.8 Å². The van der Waals surface area contributed by atoms with Crippen LogP contribution in [0.4, 0.5) is 5.69 Å². The van der Waals surface area contributed by atoms with Gasteiger partial charge in [0.15, 0.2) is 0 Å². The van der Waals surface area contributed by atoms with Gasteiger partial charge in [0.2, 0.25) is 5.91 Å². The molecule has 2 aliphatic carbocycles. The molecule has 3 heteroatoms. The molecular formula is C14H18N2O. The summed E-state index contributed by atoms with van der Waals surface area (Å²) < 4.78 is 0. The number of hydrogen-bond acceptors (Lipinski definition) is 2. The zero-order chi connectivity index (χ0) is 11.8. The van der Waals surface area contributed by atoms with E-state index in [1.165, 1.54) is 6.42 Å². The van der Waals surface area contributed by atoms with Crippen molar-refractivity contribution in [1.82, 2.24) is 0 Å². The summed E-state index contributed by atoms with van der Waals surface area (Å²) in [7, 11) is 0. The number of benzene rings is 1. The first-order chi connectivity index (χ1) is 8.26. The molecule has 0 saturated heterocycles. The van der Waals surface area contributed by atoms with Crippen LogP contribution >= 0.6 is 0 Å². The Balaban J connectivity index is 1.63. The highest BCUT2D eigenvalue weighted by Gasteiger charge is 2.47. The van der Waals surface area contributed by atoms with Gasteiger partial charge in [-0.25, -0.2) is 0 Å². The second-order valence-corrected chi connectivity index (χ2v) is 5.32. The first-order valence-corrected chi connectivity index (χ1v) is 6.36. The van der Waals surface area contributed by atoms with Gasteiger partial charge in [-0.05, 0) is 48.8 Å². The standard InChI is InChI=1S/C14H18N2O/c15-8-9-2-1-3-13(4-9)16-14(17)12-6-10-5-11(10)7-12/h1-4,10-12H,5-8,15H2,(H,16,17). The van der Waals surface area contributed by atoms with Gasteiger partial charge >= 0.3 is 0 Å². The van der Waals surface area contributed by atoms with Crippen molar-refractivity contribution in [3.8, 4) is 0 Å². The lowest BCUT2D eigenvalue weighted by Gasteiger charge is -2.12. The molecule has 0 aliphatic heterocycles. The molecule has 0 bridgehead atoms. The molecule has 1 amide bonds. The van der Waals surface area contributed by atoms with Crippen molar-refractivity contribution in [2.24, 2.45) is 23.5 Å². The van der Waals surface area contributed by atoms with Crippen LogP contribution in [-0.2, 0) is 11.3 Å². The molecule has 0 spiro atoms. The fourth-order valence-electron chi connectivity index (χ4n) is 2.95. The summed E-state index contributed by atoms with van der Waals surface area (Å²) >= 11 is 0. The van der Waals surface area contributed by atoms with E-state index in [0.29, 0.717) is 6.54 Å². The Bertz CT molecular complexity index is 434. The molecule has 2 aliphatic rings. The number of amides is 1. The van der Waals surface area contributed by atoms with Gasteiger partial charge in [-0.3, -0.25) is 4.79 Å². The average Bonchev–Trinajstić information content (AvgIpc) is 2.96. The van der Waals surface area contributed by atoms with Gasteiger partial charge in [0, 0.05) is 18.2 Å². The molecular weight excluding hydrogens is 212 g/mol. The van der Waals surface area contributed by atoms with Gasteiger partial charge in [-0.2, -0.15) is 0 Å². The second-order valence-electron chi connectivity index (χ2n) is 5.32. The van der Waals surface area contributed by atoms with Crippen molar-refractivity contribution in [2.75, 3.05) is 5.32 Å². The first-order valence-electron chi connectivity index (χ1n) is 6.36. The Morgan fingerprint density at radius 3 is 2.76 bits per heavy atom. The molecule has 0 radical (unpaired) electrons. The van der Waals surface area contributed by atoms with Crippen LogP contribution in [-0.4, -0.2) is 5.91 Å². The SMILES string of the molecule is NCc1cccc(NC(=O)C2CC3CC3C2)c1. The van der Waals surface area contributed by atoms with Gasteiger partial charge < -0.3 is 11.1 Å². The Morgan fingerprint density at radius 1 is 1.29 bits per heavy atom. The van der Waals surface area contributed by atoms with Crippen LogP contribution < -0.4 is 11.1 Å². The number of carbonyl (C=O) groups excluding carboxylic acids is 1. The number of anilines is 1. The van der Waals surface area contributed by atoms with Crippen LogP contribution in [0.2, 0.25) is 0 Å². The maximum Gasteiger partial charge on any atom is 0.227 e. The minimum Gasteiger partial charge on any atom is -0.326 e. The van der Waals surface area contributed by atoms with Gasteiger partial charge in [0.25, 0.3) is 0 Å². The van der Waals surface area contributed by atoms with Gasteiger partial charge in [-0.1, -0.05) is 12.1 Å². The van der Waals surface area contributed by atoms with E-state index in [2.05, 4.69) is 5.32 Å². The number of rotatable bonds is 3. The van der Waals surface area contributed by atoms with Crippen LogP contribution in [0.3, 0.4) is 0 Å². The van der Waals surface area contributed by atoms with Crippen molar-refractivity contribution in [3.05, 3.63) is 29.8 Å². The van der Waals surface area contributed by atoms with Crippen LogP contribution in [0.5, 0.6) is 0 Å². The molecule has 3 N–H and O–H groups in total. The molecule has 2 atom stereocenters. The summed E-state index contributed by atoms with van der Waals surface area (Å²) in [6.07, 6.45) is 3.53. The maximum atomic E-state index is 12.0. The van der Waals surface area contributed by atoms with Crippen LogP contribution in [0.25, 0.3) is 0 Å². The highest BCUT2D eigenvalue weighted by atomic mass is 16.1. The van der Waals surface area contributed by atoms with Crippen LogP contribution in [0.1, 0.15) is 24.8 Å². The number of fused-ring (bicyclic) bond motifs is 1. The molecule has 0 heterocycles. The molecule has 2 saturated carbocycles. The molecule has 0 aromatic heterocycles. The predicted octanol–water partition coefficient (Wildman–Crippen LogP) is 2.13. The lowest BCUT2D eigenvalue weighted by atomic mass is 10.0. The van der Waals surface area contributed by atoms with E-state index in [9.17, 15) is 4.79 Å². The lowest BCUT2D eigenvalue weighted by molar-refractivity contribution is -0.120. The quantitative estimate of drug-likeness (QED) is 0.835. The van der Waals surface area contributed by atoms with E-state index in [1.807, 2.05) is 24.3 Å². The zero-order valence-corrected chi connectivity index (χ0v) is 9.86. The number of hydrogen-bond donors (Lipinski definition) is 2. The molecule has 3 rings (SSSR count). The summed E-state index contributed by atoms with van der Waals surface area (Å²) in [6, 6.07) is 7.78. The van der Waals surface area contributed by atoms with E-state index in [4.69, 9.17) is 5.73 Å². The van der Waals surface area contributed by atoms with Crippen molar-refractivity contribution in [1.29, 1.82) is 0 Å². The number of nitrogens with two attached hydrogens (primary N) is 1. The van der Waals surface area contributed by atoms with Gasteiger partial charge in [0.1, 0.15) is 0 Å². The minimum absolute atomic E-state index is 0.186. The van der Waals surface area contributed by atoms with Crippen molar-refractivity contribution >= 4 is 11.6 Å². The largest absolute Gasteiger partial charge is 0.326 e. The zero-order valence-electron chi connectivity index (χ0n) is 9.86. The predicted molar refractivity (Wildman–Crippen MR) is 67.3 cm³/mol. The molecule has 1 aromatic carbocycles. The van der Waals surface area contributed by atoms with E-state index >= 15 is 0 Å². The Morgan fingerprint density at radius 2 is 2.06 bits per heavy atom. The van der Waals surface area contributed by atoms with Gasteiger partial charge in [0.05, 0.1) is 0 Å². The smallest absolute Gasteiger partial charge is 0.227 e. The monoisotopic (exact) mass is 230 g/mol. The van der Waals surface area contributed by atoms with Crippen molar-refractivity contribution in [2.45, 2.75) is 25.8 Å². The molecule has 3 nitrogen and oxygen atoms in total. The summed E-state index contributed by atoms with van der Waals surface area (Å²) in [5, 5.41) is 3.01. The molecule has 2 fully saturated rings. The van der Waals surface area contributed by atoms with E-state index in [-0.39, 0.29) is 11.8 Å². The fraction of sp³-hybridized carbons (Fsp3) is 0.500. The minimum atomic E-state index is 0.186.